The Morgan fingerprint density at radius 3 is 0.750 bits per heavy atom. The first-order valence-electron chi connectivity index (χ1n) is 0. The van der Waals surface area contributed by atoms with Gasteiger partial charge in [-0.25, -0.2) is 0 Å². The molecule has 0 nitrogen and oxygen atoms in total. The molecule has 4 heteroatoms. The zero-order valence-corrected chi connectivity index (χ0v) is 9.47. The molecule has 0 aliphatic heterocycles. The van der Waals surface area contributed by atoms with Crippen molar-refractivity contribution >= 4 is 43.1 Å². The molecular formula is HK2NaS. The molecule has 0 aromatic heterocycles. The molecule has 0 saturated carbocycles. The second-order valence-corrected chi connectivity index (χ2v) is 0. The van der Waals surface area contributed by atoms with E-state index >= 15 is 0 Å². The Labute approximate surface area is 141 Å². The van der Waals surface area contributed by atoms with E-state index < -0.39 is 0 Å². The Hall–Kier alpha value is 4.62. The van der Waals surface area contributed by atoms with Crippen molar-refractivity contribution in [2.45, 2.75) is 0 Å². The van der Waals surface area contributed by atoms with E-state index in [1.54, 1.807) is 0 Å². The standard InChI is InChI=1S/2K.Na.S.H/q2*+1;;-2;. The number of rotatable bonds is 0. The van der Waals surface area contributed by atoms with Crippen molar-refractivity contribution in [1.82, 2.24) is 0 Å². The minimum Gasteiger partial charge on any atom is -2.00 e. The van der Waals surface area contributed by atoms with E-state index in [9.17, 15) is 0 Å². The Bertz CT molecular complexity index is 6.00. The molecule has 0 unspecified atom stereocenters. The third-order valence-electron chi connectivity index (χ3n) is 0. The van der Waals surface area contributed by atoms with Crippen molar-refractivity contribution in [3.8, 4) is 0 Å². The zero-order chi connectivity index (χ0) is 0. The van der Waals surface area contributed by atoms with E-state index in [2.05, 4.69) is 0 Å². The third-order valence-corrected chi connectivity index (χ3v) is 0. The fourth-order valence-corrected chi connectivity index (χ4v) is 0. The van der Waals surface area contributed by atoms with Gasteiger partial charge in [0.05, 0.1) is 0 Å². The Morgan fingerprint density at radius 1 is 0.750 bits per heavy atom. The molecule has 0 rings (SSSR count). The van der Waals surface area contributed by atoms with Crippen LogP contribution in [0.25, 0.3) is 0 Å². The fraction of sp³-hybridized carbons (Fsp3) is 0. The molecule has 0 radical (unpaired) electrons. The van der Waals surface area contributed by atoms with Gasteiger partial charge < -0.3 is 13.5 Å². The van der Waals surface area contributed by atoms with Gasteiger partial charge in [0.15, 0.2) is 0 Å². The molecule has 4 heavy (non-hydrogen) atoms. The monoisotopic (exact) mass is 134 g/mol. The molecule has 0 aliphatic carbocycles. The zero-order valence-electron chi connectivity index (χ0n) is 2.41. The van der Waals surface area contributed by atoms with Crippen LogP contribution in [0.1, 0.15) is 0 Å². The predicted molar refractivity (Wildman–Crippen MR) is 14.5 cm³/mol. The maximum absolute atomic E-state index is 0. The first-order chi connectivity index (χ1) is 0. The van der Waals surface area contributed by atoms with Crippen molar-refractivity contribution in [2.24, 2.45) is 0 Å². The molecule has 0 spiro atoms. The van der Waals surface area contributed by atoms with E-state index in [-0.39, 0.29) is 146 Å². The van der Waals surface area contributed by atoms with Gasteiger partial charge in [-0.05, 0) is 0 Å². The van der Waals surface area contributed by atoms with Crippen LogP contribution in [0.5, 0.6) is 0 Å². The first kappa shape index (κ1) is 23.4. The number of hydrogen-bond acceptors (Lipinski definition) is 0. The molecule has 10 valence electrons. The van der Waals surface area contributed by atoms with Crippen LogP contribution in [-0.4, -0.2) is 29.6 Å². The van der Waals surface area contributed by atoms with Crippen LogP contribution in [-0.2, 0) is 13.5 Å². The van der Waals surface area contributed by atoms with E-state index in [4.69, 9.17) is 0 Å². The molecule has 0 N–H and O–H groups in total. The van der Waals surface area contributed by atoms with Crippen LogP contribution in [0.2, 0.25) is 0 Å². The van der Waals surface area contributed by atoms with Crippen molar-refractivity contribution in [2.75, 3.05) is 0 Å². The summed E-state index contributed by atoms with van der Waals surface area (Å²) in [7, 11) is 0. The van der Waals surface area contributed by atoms with E-state index in [1.807, 2.05) is 0 Å². The summed E-state index contributed by atoms with van der Waals surface area (Å²) in [5, 5.41) is 0. The summed E-state index contributed by atoms with van der Waals surface area (Å²) in [6.45, 7) is 0. The van der Waals surface area contributed by atoms with Gasteiger partial charge in [-0.2, -0.15) is 0 Å². The average Bonchev–Trinajstić information content (AvgIpc) is 0. The van der Waals surface area contributed by atoms with E-state index in [0.717, 1.165) is 0 Å². The SMILES string of the molecule is [K+].[K+].[NaH].[S-2]. The Morgan fingerprint density at radius 2 is 0.750 bits per heavy atom. The van der Waals surface area contributed by atoms with Gasteiger partial charge in [-0.15, -0.1) is 0 Å². The molecular weight excluding hydrogens is 133 g/mol. The fourth-order valence-electron chi connectivity index (χ4n) is 0. The van der Waals surface area contributed by atoms with Gasteiger partial charge in [-0.3, -0.25) is 0 Å². The molecule has 0 aromatic carbocycles. The summed E-state index contributed by atoms with van der Waals surface area (Å²) in [4.78, 5) is 0. The minimum absolute atomic E-state index is 0. The molecule has 0 aliphatic rings. The van der Waals surface area contributed by atoms with Crippen molar-refractivity contribution < 1.29 is 103 Å². The summed E-state index contributed by atoms with van der Waals surface area (Å²) in [5.41, 5.74) is 0. The van der Waals surface area contributed by atoms with Crippen LogP contribution in [0.15, 0.2) is 0 Å². The van der Waals surface area contributed by atoms with Gasteiger partial charge in [0.1, 0.15) is 0 Å². The average molecular weight is 134 g/mol. The van der Waals surface area contributed by atoms with Crippen LogP contribution in [0, 0.1) is 0 Å². The van der Waals surface area contributed by atoms with Gasteiger partial charge in [0, 0.05) is 0 Å². The van der Waals surface area contributed by atoms with Gasteiger partial charge in [0.2, 0.25) is 0 Å². The summed E-state index contributed by atoms with van der Waals surface area (Å²) >= 11 is 0. The summed E-state index contributed by atoms with van der Waals surface area (Å²) < 4.78 is 0. The second-order valence-electron chi connectivity index (χ2n) is 0. The van der Waals surface area contributed by atoms with E-state index in [1.165, 1.54) is 0 Å². The molecule has 0 saturated heterocycles. The maximum Gasteiger partial charge on any atom is -2.00 e. The van der Waals surface area contributed by atoms with Crippen LogP contribution in [0.3, 0.4) is 0 Å². The number of hydrogen-bond donors (Lipinski definition) is 0. The van der Waals surface area contributed by atoms with Crippen LogP contribution < -0.4 is 103 Å². The molecule has 0 amide bonds. The van der Waals surface area contributed by atoms with Gasteiger partial charge in [0.25, 0.3) is 0 Å². The molecule has 0 bridgehead atoms. The molecule has 0 aromatic rings. The maximum atomic E-state index is 0. The summed E-state index contributed by atoms with van der Waals surface area (Å²) in [6, 6.07) is 0. The van der Waals surface area contributed by atoms with Crippen molar-refractivity contribution in [3.63, 3.8) is 0 Å². The van der Waals surface area contributed by atoms with Gasteiger partial charge in [-0.1, -0.05) is 0 Å². The predicted octanol–water partition coefficient (Wildman–Crippen LogP) is -6.64. The first-order valence-corrected chi connectivity index (χ1v) is 0. The normalized spacial score (nSPS) is 0. The Kier molecular flexibility index (Phi) is 91.7. The van der Waals surface area contributed by atoms with Gasteiger partial charge >= 0.3 is 132 Å². The smallest absolute Gasteiger partial charge is 2.00 e. The molecule has 0 fully saturated rings. The topological polar surface area (TPSA) is 0 Å². The minimum atomic E-state index is 0. The van der Waals surface area contributed by atoms with Crippen LogP contribution >= 0.6 is 0 Å². The Balaban J connectivity index is 0. The summed E-state index contributed by atoms with van der Waals surface area (Å²) in [6.07, 6.45) is 0. The quantitative estimate of drug-likeness (QED) is 0.289. The third kappa shape index (κ3) is 9.80. The second kappa shape index (κ2) is 15.6. The van der Waals surface area contributed by atoms with Crippen LogP contribution in [0.4, 0.5) is 0 Å². The van der Waals surface area contributed by atoms with Crippen molar-refractivity contribution in [1.29, 1.82) is 0 Å². The van der Waals surface area contributed by atoms with E-state index in [0.29, 0.717) is 0 Å². The summed E-state index contributed by atoms with van der Waals surface area (Å²) in [5.74, 6) is 0. The van der Waals surface area contributed by atoms with Crippen molar-refractivity contribution in [3.05, 3.63) is 0 Å². The molecule has 0 atom stereocenters. The largest absolute Gasteiger partial charge is 2.00 e. The molecule has 0 heterocycles.